The number of carbonyl (C=O) groups is 1. The predicted molar refractivity (Wildman–Crippen MR) is 59.5 cm³/mol. The monoisotopic (exact) mass is 263 g/mol. The van der Waals surface area contributed by atoms with E-state index in [9.17, 15) is 9.90 Å². The molecule has 0 fully saturated rings. The van der Waals surface area contributed by atoms with Crippen molar-refractivity contribution >= 4 is 5.97 Å². The molecule has 94 valence electrons. The smallest absolute Gasteiger partial charge is 0.169 e. The Hall–Kier alpha value is -1.94. The Labute approximate surface area is 111 Å². The molecule has 2 rings (SSSR count). The van der Waals surface area contributed by atoms with Gasteiger partial charge in [-0.05, 0) is 23.3 Å². The fourth-order valence-corrected chi connectivity index (χ4v) is 1.56. The van der Waals surface area contributed by atoms with Crippen molar-refractivity contribution in [3.63, 3.8) is 0 Å². The van der Waals surface area contributed by atoms with Crippen LogP contribution >= 0.6 is 0 Å². The molecular weight excluding hydrogens is 252 g/mol. The molecule has 5 heteroatoms. The van der Waals surface area contributed by atoms with Gasteiger partial charge in [0.05, 0.1) is 0 Å². The zero-order valence-corrected chi connectivity index (χ0v) is 10.4. The van der Waals surface area contributed by atoms with Gasteiger partial charge in [0, 0.05) is 36.9 Å². The Bertz CT molecular complexity index is 500. The summed E-state index contributed by atoms with van der Waals surface area (Å²) in [4.78, 5) is 14.3. The molecule has 2 aromatic rings. The second-order valence-electron chi connectivity index (χ2n) is 3.68. The molecule has 0 aliphatic heterocycles. The number of hydrogen-bond donors (Lipinski definition) is 0. The van der Waals surface area contributed by atoms with Crippen LogP contribution in [0.3, 0.4) is 0 Å². The van der Waals surface area contributed by atoms with Crippen LogP contribution in [0.4, 0.5) is 0 Å². The fraction of sp³-hybridized carbons (Fsp3) is 0.154. The maximum absolute atomic E-state index is 10.3. The minimum Gasteiger partial charge on any atom is -1.00 e. The van der Waals surface area contributed by atoms with Crippen molar-refractivity contribution in [2.24, 2.45) is 0 Å². The van der Waals surface area contributed by atoms with Gasteiger partial charge in [-0.1, -0.05) is 0 Å². The van der Waals surface area contributed by atoms with Gasteiger partial charge in [-0.25, -0.2) is 4.57 Å². The summed E-state index contributed by atoms with van der Waals surface area (Å²) in [5.74, 6) is -1.03. The molecule has 0 amide bonds. The molecule has 18 heavy (non-hydrogen) atoms. The summed E-state index contributed by atoms with van der Waals surface area (Å²) in [5, 5.41) is 10.3. The lowest BCUT2D eigenvalue weighted by Gasteiger charge is -2.01. The first-order valence-corrected chi connectivity index (χ1v) is 5.35. The van der Waals surface area contributed by atoms with E-state index in [1.165, 1.54) is 0 Å². The Kier molecular flexibility index (Phi) is 5.27. The number of carboxylic acids is 1. The van der Waals surface area contributed by atoms with Crippen LogP contribution in [-0.4, -0.2) is 11.0 Å². The maximum Gasteiger partial charge on any atom is 0.169 e. The second-order valence-corrected chi connectivity index (χ2v) is 3.68. The van der Waals surface area contributed by atoms with Crippen LogP contribution in [0, 0.1) is 0 Å². The minimum absolute atomic E-state index is 0. The molecule has 0 aromatic carbocycles. The van der Waals surface area contributed by atoms with Crippen molar-refractivity contribution in [3.05, 3.63) is 49.1 Å². The van der Waals surface area contributed by atoms with Crippen LogP contribution in [0.15, 0.2) is 49.1 Å². The highest BCUT2D eigenvalue weighted by atomic mass is 35.5. The van der Waals surface area contributed by atoms with Gasteiger partial charge < -0.3 is 22.3 Å². The third-order valence-electron chi connectivity index (χ3n) is 2.48. The van der Waals surface area contributed by atoms with Crippen molar-refractivity contribution < 1.29 is 26.9 Å². The number of halogens is 1. The summed E-state index contributed by atoms with van der Waals surface area (Å²) < 4.78 is 1.82. The largest absolute Gasteiger partial charge is 1.00 e. The van der Waals surface area contributed by atoms with Crippen molar-refractivity contribution in [3.8, 4) is 11.1 Å². The molecule has 0 atom stereocenters. The second kappa shape index (κ2) is 6.71. The van der Waals surface area contributed by atoms with Gasteiger partial charge >= 0.3 is 0 Å². The van der Waals surface area contributed by atoms with Crippen molar-refractivity contribution in [1.82, 2.24) is 4.98 Å². The SMILES string of the molecule is O=C([O-])CC[n+]1ccc(-c2ccncc2)cc1.[Cl-]. The third-order valence-corrected chi connectivity index (χ3v) is 2.48. The van der Waals surface area contributed by atoms with E-state index in [-0.39, 0.29) is 18.8 Å². The molecule has 0 saturated carbocycles. The van der Waals surface area contributed by atoms with E-state index in [4.69, 9.17) is 0 Å². The quantitative estimate of drug-likeness (QED) is 0.559. The van der Waals surface area contributed by atoms with Crippen LogP contribution < -0.4 is 22.1 Å². The lowest BCUT2D eigenvalue weighted by Crippen LogP contribution is -3.00. The van der Waals surface area contributed by atoms with E-state index in [1.807, 2.05) is 41.2 Å². The van der Waals surface area contributed by atoms with Crippen molar-refractivity contribution in [1.29, 1.82) is 0 Å². The fourth-order valence-electron chi connectivity index (χ4n) is 1.56. The Morgan fingerprint density at radius 2 is 1.67 bits per heavy atom. The molecule has 0 unspecified atom stereocenters. The Morgan fingerprint density at radius 3 is 2.22 bits per heavy atom. The van der Waals surface area contributed by atoms with Gasteiger partial charge in [-0.2, -0.15) is 0 Å². The summed E-state index contributed by atoms with van der Waals surface area (Å²) in [5.41, 5.74) is 2.17. The molecule has 0 N–H and O–H groups in total. The van der Waals surface area contributed by atoms with Gasteiger partial charge in [0.2, 0.25) is 0 Å². The van der Waals surface area contributed by atoms with Gasteiger partial charge in [0.1, 0.15) is 0 Å². The van der Waals surface area contributed by atoms with Gasteiger partial charge in [-0.3, -0.25) is 4.98 Å². The first-order valence-electron chi connectivity index (χ1n) is 5.35. The first kappa shape index (κ1) is 14.1. The number of aryl methyl sites for hydroxylation is 1. The summed E-state index contributed by atoms with van der Waals surface area (Å²) in [6, 6.07) is 7.76. The van der Waals surface area contributed by atoms with E-state index < -0.39 is 5.97 Å². The Morgan fingerprint density at radius 1 is 1.11 bits per heavy atom. The van der Waals surface area contributed by atoms with Gasteiger partial charge in [0.25, 0.3) is 0 Å². The number of hydrogen-bond acceptors (Lipinski definition) is 3. The lowest BCUT2D eigenvalue weighted by molar-refractivity contribution is -0.696. The molecule has 0 radical (unpaired) electrons. The van der Waals surface area contributed by atoms with Crippen LogP contribution in [0.1, 0.15) is 6.42 Å². The zero-order valence-electron chi connectivity index (χ0n) is 9.62. The number of aliphatic carboxylic acids is 1. The number of carbonyl (C=O) groups excluding carboxylic acids is 1. The van der Waals surface area contributed by atoms with E-state index in [0.29, 0.717) is 6.54 Å². The van der Waals surface area contributed by atoms with E-state index in [0.717, 1.165) is 11.1 Å². The third kappa shape index (κ3) is 3.82. The molecule has 0 aliphatic rings. The molecular formula is C13H12ClN2O2-. The van der Waals surface area contributed by atoms with Crippen LogP contribution in [0.5, 0.6) is 0 Å². The molecule has 0 bridgehead atoms. The lowest BCUT2D eigenvalue weighted by atomic mass is 10.1. The molecule has 2 heterocycles. The number of pyridine rings is 2. The first-order chi connectivity index (χ1) is 8.25. The zero-order chi connectivity index (χ0) is 12.1. The highest BCUT2D eigenvalue weighted by molar-refractivity contribution is 5.63. The highest BCUT2D eigenvalue weighted by Crippen LogP contribution is 2.15. The van der Waals surface area contributed by atoms with Crippen molar-refractivity contribution in [2.45, 2.75) is 13.0 Å². The normalized spacial score (nSPS) is 9.56. The summed E-state index contributed by atoms with van der Waals surface area (Å²) >= 11 is 0. The molecule has 0 saturated heterocycles. The molecule has 4 nitrogen and oxygen atoms in total. The molecule has 0 spiro atoms. The van der Waals surface area contributed by atoms with E-state index in [2.05, 4.69) is 4.98 Å². The molecule has 2 aromatic heterocycles. The van der Waals surface area contributed by atoms with Crippen LogP contribution in [-0.2, 0) is 11.3 Å². The van der Waals surface area contributed by atoms with Gasteiger partial charge in [0.15, 0.2) is 18.9 Å². The average molecular weight is 264 g/mol. The van der Waals surface area contributed by atoms with Crippen LogP contribution in [0.25, 0.3) is 11.1 Å². The summed E-state index contributed by atoms with van der Waals surface area (Å²) in [6.45, 7) is 0.430. The summed E-state index contributed by atoms with van der Waals surface area (Å²) in [7, 11) is 0. The number of carboxylic acid groups (broad SMARTS) is 1. The average Bonchev–Trinajstić information content (AvgIpc) is 2.38. The van der Waals surface area contributed by atoms with Gasteiger partial charge in [-0.15, -0.1) is 0 Å². The standard InChI is InChI=1S/C13H12N2O2.ClH/c16-13(17)5-10-15-8-3-12(4-9-15)11-1-6-14-7-2-11;/h1-4,6-9H,5,10H2;1H/p-1. The number of aromatic nitrogens is 2. The topological polar surface area (TPSA) is 56.9 Å². The van der Waals surface area contributed by atoms with E-state index in [1.54, 1.807) is 12.4 Å². The predicted octanol–water partition coefficient (Wildman–Crippen LogP) is -2.82. The molecule has 0 aliphatic carbocycles. The Balaban J connectivity index is 0.00000162. The number of nitrogens with zero attached hydrogens (tertiary/aromatic N) is 2. The minimum atomic E-state index is -1.03. The van der Waals surface area contributed by atoms with Crippen molar-refractivity contribution in [2.75, 3.05) is 0 Å². The van der Waals surface area contributed by atoms with Crippen LogP contribution in [0.2, 0.25) is 0 Å². The highest BCUT2D eigenvalue weighted by Gasteiger charge is 2.02. The van der Waals surface area contributed by atoms with E-state index >= 15 is 0 Å². The maximum atomic E-state index is 10.3. The number of rotatable bonds is 4. The summed E-state index contributed by atoms with van der Waals surface area (Å²) in [6.07, 6.45) is 7.23.